The maximum absolute atomic E-state index is 12.8. The summed E-state index contributed by atoms with van der Waals surface area (Å²) in [6, 6.07) is 5.81. The lowest BCUT2D eigenvalue weighted by molar-refractivity contribution is -0.0897. The number of hydrogen-bond donors (Lipinski definition) is 0. The number of benzene rings is 1. The Morgan fingerprint density at radius 1 is 1.07 bits per heavy atom. The lowest BCUT2D eigenvalue weighted by Gasteiger charge is -2.19. The summed E-state index contributed by atoms with van der Waals surface area (Å²) in [6.07, 6.45) is 0. The summed E-state index contributed by atoms with van der Waals surface area (Å²) in [5.74, 6) is 0. The van der Waals surface area contributed by atoms with Crippen LogP contribution in [0.2, 0.25) is 0 Å². The molecule has 0 atom stereocenters. The van der Waals surface area contributed by atoms with Gasteiger partial charge in [0.25, 0.3) is 0 Å². The van der Waals surface area contributed by atoms with Crippen LogP contribution in [-0.4, -0.2) is 10.6 Å². The van der Waals surface area contributed by atoms with Crippen molar-refractivity contribution < 1.29 is 17.6 Å². The molecule has 0 amide bonds. The van der Waals surface area contributed by atoms with E-state index in [2.05, 4.69) is 11.6 Å². The Hall–Kier alpha value is -0.420. The summed E-state index contributed by atoms with van der Waals surface area (Å²) < 4.78 is 50.1. The van der Waals surface area contributed by atoms with E-state index in [4.69, 9.17) is 0 Å². The molecule has 1 rings (SSSR count). The molecule has 15 heavy (non-hydrogen) atoms. The second kappa shape index (κ2) is 4.22. The van der Waals surface area contributed by atoms with Crippen molar-refractivity contribution in [3.63, 3.8) is 0 Å². The van der Waals surface area contributed by atoms with Crippen LogP contribution in [0.4, 0.5) is 17.6 Å². The maximum atomic E-state index is 12.8. The first-order valence-electron chi connectivity index (χ1n) is 3.92. The SMILES string of the molecule is Cc1ccc(SC(F)(F)C(F)(F)Cl)cc1. The van der Waals surface area contributed by atoms with Gasteiger partial charge in [-0.2, -0.15) is 17.6 Å². The first-order chi connectivity index (χ1) is 6.72. The van der Waals surface area contributed by atoms with Gasteiger partial charge in [0.1, 0.15) is 0 Å². The standard InChI is InChI=1S/C9H7ClF4S/c1-6-2-4-7(5-3-6)15-9(13,14)8(10,11)12/h2-5H,1H3. The number of thioether (sulfide) groups is 1. The molecule has 1 aromatic carbocycles. The van der Waals surface area contributed by atoms with E-state index in [1.165, 1.54) is 12.1 Å². The molecule has 0 bridgehead atoms. The quantitative estimate of drug-likeness (QED) is 0.437. The highest BCUT2D eigenvalue weighted by Crippen LogP contribution is 2.48. The van der Waals surface area contributed by atoms with Crippen molar-refractivity contribution in [1.29, 1.82) is 0 Å². The molecule has 0 fully saturated rings. The van der Waals surface area contributed by atoms with Crippen molar-refractivity contribution in [3.8, 4) is 0 Å². The van der Waals surface area contributed by atoms with Crippen LogP contribution < -0.4 is 0 Å². The van der Waals surface area contributed by atoms with Crippen LogP contribution in [0.25, 0.3) is 0 Å². The van der Waals surface area contributed by atoms with Crippen molar-refractivity contribution >= 4 is 23.4 Å². The second-order valence-electron chi connectivity index (χ2n) is 2.93. The molecular formula is C9H7ClF4S. The molecule has 0 unspecified atom stereocenters. The van der Waals surface area contributed by atoms with Gasteiger partial charge in [-0.15, -0.1) is 0 Å². The minimum Gasteiger partial charge on any atom is -0.185 e. The predicted molar refractivity (Wildman–Crippen MR) is 52.8 cm³/mol. The molecule has 0 nitrogen and oxygen atoms in total. The minimum atomic E-state index is -4.55. The summed E-state index contributed by atoms with van der Waals surface area (Å²) in [6.45, 7) is 1.77. The summed E-state index contributed by atoms with van der Waals surface area (Å²) in [7, 11) is 0. The van der Waals surface area contributed by atoms with E-state index in [1.54, 1.807) is 19.1 Å². The van der Waals surface area contributed by atoms with Gasteiger partial charge < -0.3 is 0 Å². The van der Waals surface area contributed by atoms with Crippen LogP contribution in [0.5, 0.6) is 0 Å². The van der Waals surface area contributed by atoms with Gasteiger partial charge in [-0.3, -0.25) is 0 Å². The molecular weight excluding hydrogens is 252 g/mol. The Morgan fingerprint density at radius 3 is 1.93 bits per heavy atom. The first-order valence-corrected chi connectivity index (χ1v) is 5.12. The van der Waals surface area contributed by atoms with Gasteiger partial charge in [0.05, 0.1) is 0 Å². The molecule has 0 N–H and O–H groups in total. The Kier molecular flexibility index (Phi) is 3.55. The smallest absolute Gasteiger partial charge is 0.185 e. The van der Waals surface area contributed by atoms with Gasteiger partial charge in [0.2, 0.25) is 0 Å². The number of hydrogen-bond acceptors (Lipinski definition) is 1. The molecule has 0 aromatic heterocycles. The first kappa shape index (κ1) is 12.6. The average molecular weight is 259 g/mol. The Bertz CT molecular complexity index is 331. The fourth-order valence-corrected chi connectivity index (χ4v) is 1.61. The Balaban J connectivity index is 2.82. The molecule has 0 saturated carbocycles. The van der Waals surface area contributed by atoms with Gasteiger partial charge in [0, 0.05) is 4.90 Å². The fraction of sp³-hybridized carbons (Fsp3) is 0.333. The molecule has 0 spiro atoms. The average Bonchev–Trinajstić information content (AvgIpc) is 2.06. The Morgan fingerprint density at radius 2 is 1.53 bits per heavy atom. The van der Waals surface area contributed by atoms with Crippen LogP contribution in [0.3, 0.4) is 0 Å². The van der Waals surface area contributed by atoms with Gasteiger partial charge in [0.15, 0.2) is 0 Å². The van der Waals surface area contributed by atoms with E-state index in [1.807, 2.05) is 0 Å². The highest BCUT2D eigenvalue weighted by Gasteiger charge is 2.55. The van der Waals surface area contributed by atoms with Gasteiger partial charge in [-0.1, -0.05) is 17.7 Å². The van der Waals surface area contributed by atoms with Crippen LogP contribution in [0.15, 0.2) is 29.2 Å². The number of halogens is 5. The number of aryl methyl sites for hydroxylation is 1. The lowest BCUT2D eigenvalue weighted by atomic mass is 10.2. The topological polar surface area (TPSA) is 0 Å². The fourth-order valence-electron chi connectivity index (χ4n) is 0.812. The molecule has 6 heteroatoms. The lowest BCUT2D eigenvalue weighted by Crippen LogP contribution is -2.31. The third-order valence-electron chi connectivity index (χ3n) is 1.60. The van der Waals surface area contributed by atoms with Crippen molar-refractivity contribution in [2.75, 3.05) is 0 Å². The third-order valence-corrected chi connectivity index (χ3v) is 2.97. The van der Waals surface area contributed by atoms with Gasteiger partial charge >= 0.3 is 10.6 Å². The van der Waals surface area contributed by atoms with Crippen molar-refractivity contribution in [3.05, 3.63) is 29.8 Å². The molecule has 0 saturated heterocycles. The van der Waals surface area contributed by atoms with E-state index < -0.39 is 10.6 Å². The van der Waals surface area contributed by atoms with E-state index in [0.29, 0.717) is 0 Å². The molecule has 0 aliphatic rings. The number of alkyl halides is 5. The molecule has 0 heterocycles. The molecule has 0 aliphatic heterocycles. The highest BCUT2D eigenvalue weighted by atomic mass is 35.5. The van der Waals surface area contributed by atoms with Crippen molar-refractivity contribution in [2.45, 2.75) is 22.5 Å². The zero-order valence-electron chi connectivity index (χ0n) is 7.61. The van der Waals surface area contributed by atoms with Crippen molar-refractivity contribution in [2.24, 2.45) is 0 Å². The highest BCUT2D eigenvalue weighted by molar-refractivity contribution is 8.00. The molecule has 0 aliphatic carbocycles. The summed E-state index contributed by atoms with van der Waals surface area (Å²) in [5.41, 5.74) is 0.861. The summed E-state index contributed by atoms with van der Waals surface area (Å²) in [4.78, 5) is 0.0472. The zero-order chi connectivity index (χ0) is 11.7. The summed E-state index contributed by atoms with van der Waals surface area (Å²) in [5, 5.41) is -8.87. The van der Waals surface area contributed by atoms with Crippen LogP contribution in [0.1, 0.15) is 5.56 Å². The second-order valence-corrected chi connectivity index (χ2v) is 4.59. The molecule has 84 valence electrons. The minimum absolute atomic E-state index is 0.0472. The molecule has 1 aromatic rings. The van der Waals surface area contributed by atoms with Crippen LogP contribution in [0, 0.1) is 6.92 Å². The summed E-state index contributed by atoms with van der Waals surface area (Å²) >= 11 is 4.05. The zero-order valence-corrected chi connectivity index (χ0v) is 9.18. The van der Waals surface area contributed by atoms with Gasteiger partial charge in [-0.05, 0) is 42.4 Å². The van der Waals surface area contributed by atoms with E-state index in [-0.39, 0.29) is 16.7 Å². The molecule has 0 radical (unpaired) electrons. The van der Waals surface area contributed by atoms with E-state index in [0.717, 1.165) is 5.56 Å². The largest absolute Gasteiger partial charge is 0.394 e. The van der Waals surface area contributed by atoms with Gasteiger partial charge in [-0.25, -0.2) is 0 Å². The van der Waals surface area contributed by atoms with E-state index in [9.17, 15) is 17.6 Å². The number of rotatable bonds is 3. The predicted octanol–water partition coefficient (Wildman–Crippen LogP) is 4.51. The van der Waals surface area contributed by atoms with E-state index >= 15 is 0 Å². The van der Waals surface area contributed by atoms with Crippen LogP contribution >= 0.6 is 23.4 Å². The van der Waals surface area contributed by atoms with Crippen molar-refractivity contribution in [1.82, 2.24) is 0 Å². The monoisotopic (exact) mass is 258 g/mol. The maximum Gasteiger partial charge on any atom is 0.394 e. The Labute approximate surface area is 93.6 Å². The van der Waals surface area contributed by atoms with Crippen LogP contribution in [-0.2, 0) is 0 Å². The third kappa shape index (κ3) is 3.28. The normalized spacial score (nSPS) is 12.9.